The van der Waals surface area contributed by atoms with Crippen LogP contribution in [0, 0.1) is 5.92 Å². The number of hydrogen-bond acceptors (Lipinski definition) is 4. The van der Waals surface area contributed by atoms with Gasteiger partial charge in [-0.15, -0.1) is 24.0 Å². The van der Waals surface area contributed by atoms with E-state index in [4.69, 9.17) is 9.73 Å². The summed E-state index contributed by atoms with van der Waals surface area (Å²) in [5, 5.41) is 3.43. The Kier molecular flexibility index (Phi) is 9.07. The van der Waals surface area contributed by atoms with Crippen molar-refractivity contribution in [3.05, 3.63) is 0 Å². The van der Waals surface area contributed by atoms with E-state index < -0.39 is 0 Å². The molecule has 0 spiro atoms. The van der Waals surface area contributed by atoms with Crippen molar-refractivity contribution < 1.29 is 9.53 Å². The van der Waals surface area contributed by atoms with E-state index in [0.29, 0.717) is 6.04 Å². The molecule has 0 aromatic heterocycles. The van der Waals surface area contributed by atoms with Gasteiger partial charge in [0.05, 0.1) is 6.54 Å². The fraction of sp³-hybridized carbons (Fsp3) is 0.895. The Labute approximate surface area is 180 Å². The third-order valence-corrected chi connectivity index (χ3v) is 5.69. The molecule has 8 heteroatoms. The number of hydrogen-bond donors (Lipinski definition) is 1. The van der Waals surface area contributed by atoms with Gasteiger partial charge < -0.3 is 24.8 Å². The molecule has 3 aliphatic rings. The Hall–Kier alpha value is -0.610. The smallest absolute Gasteiger partial charge is 0.251 e. The number of likely N-dealkylation sites (N-methyl/N-ethyl adjacent to an activating group) is 1. The molecule has 27 heavy (non-hydrogen) atoms. The maximum atomic E-state index is 12.5. The van der Waals surface area contributed by atoms with Crippen LogP contribution in [0.25, 0.3) is 0 Å². The number of amides is 1. The van der Waals surface area contributed by atoms with Gasteiger partial charge in [0, 0.05) is 45.4 Å². The molecule has 2 heterocycles. The zero-order valence-corrected chi connectivity index (χ0v) is 19.4. The summed E-state index contributed by atoms with van der Waals surface area (Å²) >= 11 is 0. The van der Waals surface area contributed by atoms with Crippen LogP contribution in [0.2, 0.25) is 0 Å². The van der Waals surface area contributed by atoms with E-state index in [0.717, 1.165) is 70.6 Å². The van der Waals surface area contributed by atoms with Gasteiger partial charge in [-0.25, -0.2) is 0 Å². The van der Waals surface area contributed by atoms with Crippen LogP contribution in [0.5, 0.6) is 0 Å². The summed E-state index contributed by atoms with van der Waals surface area (Å²) in [4.78, 5) is 24.0. The fourth-order valence-electron chi connectivity index (χ4n) is 3.94. The van der Waals surface area contributed by atoms with Crippen LogP contribution in [0.4, 0.5) is 0 Å². The number of guanidine groups is 1. The topological polar surface area (TPSA) is 60.4 Å². The van der Waals surface area contributed by atoms with Gasteiger partial charge in [0.25, 0.3) is 5.91 Å². The lowest BCUT2D eigenvalue weighted by Crippen LogP contribution is -2.55. The van der Waals surface area contributed by atoms with Gasteiger partial charge in [0.15, 0.2) is 5.96 Å². The first-order valence-corrected chi connectivity index (χ1v) is 10.2. The Morgan fingerprint density at radius 3 is 2.37 bits per heavy atom. The van der Waals surface area contributed by atoms with Crippen molar-refractivity contribution in [3.8, 4) is 0 Å². The van der Waals surface area contributed by atoms with E-state index in [1.54, 1.807) is 0 Å². The van der Waals surface area contributed by atoms with Crippen LogP contribution in [-0.2, 0) is 9.53 Å². The Bertz CT molecular complexity index is 496. The van der Waals surface area contributed by atoms with Crippen molar-refractivity contribution in [1.82, 2.24) is 20.0 Å². The molecule has 3 fully saturated rings. The normalized spacial score (nSPS) is 24.7. The van der Waals surface area contributed by atoms with Crippen LogP contribution in [0.15, 0.2) is 4.99 Å². The van der Waals surface area contributed by atoms with Gasteiger partial charge in [-0.1, -0.05) is 0 Å². The Morgan fingerprint density at radius 1 is 1.19 bits per heavy atom. The molecule has 0 aromatic carbocycles. The maximum absolute atomic E-state index is 12.5. The van der Waals surface area contributed by atoms with Crippen LogP contribution >= 0.6 is 24.0 Å². The number of halogens is 1. The third kappa shape index (κ3) is 6.19. The van der Waals surface area contributed by atoms with Crippen LogP contribution in [-0.4, -0.2) is 98.7 Å². The van der Waals surface area contributed by atoms with E-state index in [9.17, 15) is 4.79 Å². The molecule has 2 saturated heterocycles. The molecule has 1 N–H and O–H groups in total. The first kappa shape index (κ1) is 22.7. The number of nitrogens with zero attached hydrogens (tertiary/aromatic N) is 4. The molecule has 0 bridgehead atoms. The summed E-state index contributed by atoms with van der Waals surface area (Å²) in [6.45, 7) is 7.71. The predicted octanol–water partition coefficient (Wildman–Crippen LogP) is 1.23. The lowest BCUT2D eigenvalue weighted by Gasteiger charge is -2.37. The number of piperazine rings is 1. The van der Waals surface area contributed by atoms with Gasteiger partial charge >= 0.3 is 0 Å². The lowest BCUT2D eigenvalue weighted by molar-refractivity contribution is -0.142. The van der Waals surface area contributed by atoms with Crippen LogP contribution in [0.1, 0.15) is 32.6 Å². The van der Waals surface area contributed by atoms with Gasteiger partial charge in [-0.3, -0.25) is 9.79 Å². The van der Waals surface area contributed by atoms with Crippen LogP contribution in [0.3, 0.4) is 0 Å². The molecule has 2 aliphatic heterocycles. The van der Waals surface area contributed by atoms with E-state index in [-0.39, 0.29) is 36.0 Å². The maximum Gasteiger partial charge on any atom is 0.251 e. The fourth-order valence-corrected chi connectivity index (χ4v) is 3.94. The quantitative estimate of drug-likeness (QED) is 0.343. The average Bonchev–Trinajstić information content (AvgIpc) is 3.32. The number of nitrogens with one attached hydrogen (secondary N) is 1. The van der Waals surface area contributed by atoms with Gasteiger partial charge in [-0.2, -0.15) is 0 Å². The summed E-state index contributed by atoms with van der Waals surface area (Å²) < 4.78 is 5.55. The Balaban J connectivity index is 0.00000261. The minimum Gasteiger partial charge on any atom is -0.368 e. The summed E-state index contributed by atoms with van der Waals surface area (Å²) in [6, 6.07) is 0.533. The SMILES string of the molecule is CCNC(=NCC(C1CC1)N(C)C)N1CCN(C(=O)C2CCCO2)CC1.I. The highest BCUT2D eigenvalue weighted by atomic mass is 127. The Morgan fingerprint density at radius 2 is 1.85 bits per heavy atom. The van der Waals surface area contributed by atoms with Gasteiger partial charge in [0.1, 0.15) is 6.10 Å². The molecule has 1 amide bonds. The molecule has 0 aromatic rings. The first-order valence-electron chi connectivity index (χ1n) is 10.2. The highest BCUT2D eigenvalue weighted by Gasteiger charge is 2.33. The summed E-state index contributed by atoms with van der Waals surface area (Å²) in [6.07, 6.45) is 4.33. The monoisotopic (exact) mass is 493 g/mol. The first-order chi connectivity index (χ1) is 12.6. The second-order valence-corrected chi connectivity index (χ2v) is 7.88. The molecule has 156 valence electrons. The molecule has 2 atom stereocenters. The van der Waals surface area contributed by atoms with Gasteiger partial charge in [-0.05, 0) is 52.6 Å². The second kappa shape index (κ2) is 10.8. The molecule has 1 saturated carbocycles. The van der Waals surface area contributed by atoms with Crippen molar-refractivity contribution >= 4 is 35.8 Å². The zero-order chi connectivity index (χ0) is 18.5. The summed E-state index contributed by atoms with van der Waals surface area (Å²) in [5.74, 6) is 1.97. The lowest BCUT2D eigenvalue weighted by atomic mass is 10.2. The van der Waals surface area contributed by atoms with Gasteiger partial charge in [0.2, 0.25) is 0 Å². The van der Waals surface area contributed by atoms with E-state index in [1.807, 2.05) is 4.90 Å². The molecule has 3 rings (SSSR count). The van der Waals surface area contributed by atoms with E-state index >= 15 is 0 Å². The minimum atomic E-state index is -0.206. The van der Waals surface area contributed by atoms with Crippen molar-refractivity contribution in [2.75, 3.05) is 60.0 Å². The van der Waals surface area contributed by atoms with E-state index in [1.165, 1.54) is 12.8 Å². The largest absolute Gasteiger partial charge is 0.368 e. The van der Waals surface area contributed by atoms with Crippen molar-refractivity contribution in [2.24, 2.45) is 10.9 Å². The number of ether oxygens (including phenoxy) is 1. The average molecular weight is 493 g/mol. The molecule has 1 aliphatic carbocycles. The third-order valence-electron chi connectivity index (χ3n) is 5.69. The zero-order valence-electron chi connectivity index (χ0n) is 17.0. The molecular formula is C19H36IN5O2. The predicted molar refractivity (Wildman–Crippen MR) is 119 cm³/mol. The summed E-state index contributed by atoms with van der Waals surface area (Å²) in [7, 11) is 4.31. The number of rotatable bonds is 6. The van der Waals surface area contributed by atoms with Crippen molar-refractivity contribution in [3.63, 3.8) is 0 Å². The molecule has 2 unspecified atom stereocenters. The van der Waals surface area contributed by atoms with Crippen molar-refractivity contribution in [2.45, 2.75) is 44.8 Å². The molecular weight excluding hydrogens is 457 g/mol. The standard InChI is InChI=1S/C19H35N5O2.HI/c1-4-20-19(21-14-16(22(2)3)15-7-8-15)24-11-9-23(10-12-24)18(25)17-6-5-13-26-17;/h15-17H,4-14H2,1-3H3,(H,20,21);1H. The van der Waals surface area contributed by atoms with E-state index in [2.05, 4.69) is 36.1 Å². The molecule has 7 nitrogen and oxygen atoms in total. The second-order valence-electron chi connectivity index (χ2n) is 7.88. The van der Waals surface area contributed by atoms with Crippen LogP contribution < -0.4 is 5.32 Å². The molecule has 0 radical (unpaired) electrons. The number of carbonyl (C=O) groups is 1. The highest BCUT2D eigenvalue weighted by Crippen LogP contribution is 2.34. The highest BCUT2D eigenvalue weighted by molar-refractivity contribution is 14.0. The minimum absolute atomic E-state index is 0. The summed E-state index contributed by atoms with van der Waals surface area (Å²) in [5.41, 5.74) is 0. The number of aliphatic imine (C=N–C) groups is 1. The number of carbonyl (C=O) groups excluding carboxylic acids is 1. The van der Waals surface area contributed by atoms with Crippen molar-refractivity contribution in [1.29, 1.82) is 0 Å².